The number of hydrogen-bond donors (Lipinski definition) is 2. The van der Waals surface area contributed by atoms with Gasteiger partial charge in [0.1, 0.15) is 6.61 Å². The van der Waals surface area contributed by atoms with E-state index in [4.69, 9.17) is 9.47 Å². The van der Waals surface area contributed by atoms with Crippen LogP contribution in [0.1, 0.15) is 20.8 Å². The van der Waals surface area contributed by atoms with Gasteiger partial charge in [-0.05, 0) is 20.8 Å². The van der Waals surface area contributed by atoms with Crippen molar-refractivity contribution in [1.82, 2.24) is 10.6 Å². The first-order chi connectivity index (χ1) is 7.56. The summed E-state index contributed by atoms with van der Waals surface area (Å²) in [6, 6.07) is 0. The molecular weight excluding hydrogens is 208 g/mol. The third-order valence-corrected chi connectivity index (χ3v) is 2.59. The molecule has 1 aliphatic rings. The second-order valence-electron chi connectivity index (χ2n) is 4.41. The Balaban J connectivity index is 2.06. The first-order valence-electron chi connectivity index (χ1n) is 5.79. The number of hydrogen-bond acceptors (Lipinski definition) is 4. The van der Waals surface area contributed by atoms with Crippen molar-refractivity contribution in [1.29, 1.82) is 0 Å². The molecule has 1 saturated heterocycles. The fraction of sp³-hybridized carbons (Fsp3) is 0.909. The molecule has 1 aliphatic heterocycles. The minimum atomic E-state index is -0.164. The average Bonchev–Trinajstić information content (AvgIpc) is 2.21. The second kappa shape index (κ2) is 6.18. The predicted molar refractivity (Wildman–Crippen MR) is 61.3 cm³/mol. The summed E-state index contributed by atoms with van der Waals surface area (Å²) < 4.78 is 10.8. The van der Waals surface area contributed by atoms with Crippen LogP contribution in [-0.2, 0) is 14.3 Å². The molecule has 0 bridgehead atoms. The van der Waals surface area contributed by atoms with Crippen molar-refractivity contribution in [3.05, 3.63) is 0 Å². The van der Waals surface area contributed by atoms with Crippen molar-refractivity contribution < 1.29 is 14.3 Å². The first kappa shape index (κ1) is 13.4. The van der Waals surface area contributed by atoms with Crippen LogP contribution in [0.5, 0.6) is 0 Å². The maximum Gasteiger partial charge on any atom is 0.246 e. The quantitative estimate of drug-likeness (QED) is 0.641. The lowest BCUT2D eigenvalue weighted by Gasteiger charge is -2.38. The van der Waals surface area contributed by atoms with Crippen LogP contribution < -0.4 is 10.6 Å². The van der Waals surface area contributed by atoms with Crippen molar-refractivity contribution in [3.8, 4) is 0 Å². The van der Waals surface area contributed by atoms with Gasteiger partial charge in [-0.15, -0.1) is 0 Å². The monoisotopic (exact) mass is 230 g/mol. The van der Waals surface area contributed by atoms with E-state index in [9.17, 15) is 4.79 Å². The minimum absolute atomic E-state index is 0.0508. The van der Waals surface area contributed by atoms with E-state index in [2.05, 4.69) is 10.6 Å². The van der Waals surface area contributed by atoms with Gasteiger partial charge in [0.15, 0.2) is 0 Å². The topological polar surface area (TPSA) is 59.6 Å². The van der Waals surface area contributed by atoms with Gasteiger partial charge < -0.3 is 20.1 Å². The normalized spacial score (nSPS) is 19.9. The maximum atomic E-state index is 11.4. The third-order valence-electron chi connectivity index (χ3n) is 2.59. The van der Waals surface area contributed by atoms with Crippen LogP contribution >= 0.6 is 0 Å². The van der Waals surface area contributed by atoms with Crippen LogP contribution in [0.3, 0.4) is 0 Å². The lowest BCUT2D eigenvalue weighted by atomic mass is 10.0. The van der Waals surface area contributed by atoms with Crippen molar-refractivity contribution in [3.63, 3.8) is 0 Å². The van der Waals surface area contributed by atoms with Gasteiger partial charge in [-0.1, -0.05) is 0 Å². The molecule has 94 valence electrons. The number of amides is 1. The number of carbonyl (C=O) groups excluding carboxylic acids is 1. The fourth-order valence-electron chi connectivity index (χ4n) is 1.47. The molecule has 1 amide bonds. The number of ether oxygens (including phenoxy) is 2. The molecule has 0 saturated carbocycles. The van der Waals surface area contributed by atoms with E-state index in [1.165, 1.54) is 0 Å². The molecule has 16 heavy (non-hydrogen) atoms. The van der Waals surface area contributed by atoms with Gasteiger partial charge in [0.2, 0.25) is 5.91 Å². The summed E-state index contributed by atoms with van der Waals surface area (Å²) in [5.41, 5.74) is -0.164. The highest BCUT2D eigenvalue weighted by Gasteiger charge is 2.32. The Morgan fingerprint density at radius 1 is 1.56 bits per heavy atom. The standard InChI is InChI=1S/C11H22N2O3/c1-4-15-9(2)5-13-10(14)6-16-11(3)7-12-8-11/h9,12H,4-8H2,1-3H3,(H,13,14). The molecule has 1 heterocycles. The zero-order valence-electron chi connectivity index (χ0n) is 10.3. The van der Waals surface area contributed by atoms with Gasteiger partial charge in [0.05, 0.1) is 11.7 Å². The summed E-state index contributed by atoms with van der Waals surface area (Å²) in [4.78, 5) is 11.4. The molecule has 0 aromatic carbocycles. The molecule has 0 spiro atoms. The lowest BCUT2D eigenvalue weighted by Crippen LogP contribution is -2.59. The highest BCUT2D eigenvalue weighted by Crippen LogP contribution is 2.14. The van der Waals surface area contributed by atoms with Gasteiger partial charge >= 0.3 is 0 Å². The van der Waals surface area contributed by atoms with Crippen LogP contribution in [0.25, 0.3) is 0 Å². The van der Waals surface area contributed by atoms with Crippen molar-refractivity contribution in [2.75, 3.05) is 32.8 Å². The van der Waals surface area contributed by atoms with Crippen LogP contribution in [0.15, 0.2) is 0 Å². The van der Waals surface area contributed by atoms with Gasteiger partial charge in [-0.25, -0.2) is 0 Å². The van der Waals surface area contributed by atoms with E-state index < -0.39 is 0 Å². The van der Waals surface area contributed by atoms with Crippen LogP contribution in [-0.4, -0.2) is 50.5 Å². The van der Waals surface area contributed by atoms with Crippen molar-refractivity contribution >= 4 is 5.91 Å². The molecule has 5 heteroatoms. The Bertz CT molecular complexity index is 229. The molecule has 2 N–H and O–H groups in total. The molecule has 0 aromatic heterocycles. The molecule has 1 rings (SSSR count). The zero-order valence-corrected chi connectivity index (χ0v) is 10.3. The lowest BCUT2D eigenvalue weighted by molar-refractivity contribution is -0.136. The van der Waals surface area contributed by atoms with E-state index in [-0.39, 0.29) is 24.2 Å². The SMILES string of the molecule is CCOC(C)CNC(=O)COC1(C)CNC1. The third kappa shape index (κ3) is 4.47. The molecule has 1 fully saturated rings. The second-order valence-corrected chi connectivity index (χ2v) is 4.41. The summed E-state index contributed by atoms with van der Waals surface area (Å²) in [7, 11) is 0. The largest absolute Gasteiger partial charge is 0.377 e. The Labute approximate surface area is 96.9 Å². The van der Waals surface area contributed by atoms with Crippen LogP contribution in [0.2, 0.25) is 0 Å². The summed E-state index contributed by atoms with van der Waals surface area (Å²) in [5.74, 6) is -0.0836. The Morgan fingerprint density at radius 2 is 2.25 bits per heavy atom. The number of nitrogens with one attached hydrogen (secondary N) is 2. The molecule has 0 aliphatic carbocycles. The molecular formula is C11H22N2O3. The van der Waals surface area contributed by atoms with Gasteiger partial charge in [0.25, 0.3) is 0 Å². The van der Waals surface area contributed by atoms with E-state index in [1.54, 1.807) is 0 Å². The summed E-state index contributed by atoms with van der Waals surface area (Å²) in [6.07, 6.45) is 0.0508. The van der Waals surface area contributed by atoms with Crippen molar-refractivity contribution in [2.45, 2.75) is 32.5 Å². The maximum absolute atomic E-state index is 11.4. The molecule has 5 nitrogen and oxygen atoms in total. The summed E-state index contributed by atoms with van der Waals surface area (Å²) in [6.45, 7) is 8.82. The Hall–Kier alpha value is -0.650. The van der Waals surface area contributed by atoms with Gasteiger partial charge in [-0.2, -0.15) is 0 Å². The summed E-state index contributed by atoms with van der Waals surface area (Å²) >= 11 is 0. The van der Waals surface area contributed by atoms with E-state index in [1.807, 2.05) is 20.8 Å². The van der Waals surface area contributed by atoms with Crippen LogP contribution in [0.4, 0.5) is 0 Å². The first-order valence-corrected chi connectivity index (χ1v) is 5.79. The zero-order chi connectivity index (χ0) is 12.0. The average molecular weight is 230 g/mol. The summed E-state index contributed by atoms with van der Waals surface area (Å²) in [5, 5.41) is 5.89. The van der Waals surface area contributed by atoms with Gasteiger partial charge in [0, 0.05) is 26.2 Å². The smallest absolute Gasteiger partial charge is 0.246 e. The Morgan fingerprint density at radius 3 is 2.75 bits per heavy atom. The highest BCUT2D eigenvalue weighted by molar-refractivity contribution is 5.77. The minimum Gasteiger partial charge on any atom is -0.377 e. The molecule has 0 aromatic rings. The fourth-order valence-corrected chi connectivity index (χ4v) is 1.47. The molecule has 1 unspecified atom stereocenters. The van der Waals surface area contributed by atoms with Crippen molar-refractivity contribution in [2.24, 2.45) is 0 Å². The highest BCUT2D eigenvalue weighted by atomic mass is 16.5. The number of rotatable bonds is 7. The van der Waals surface area contributed by atoms with Crippen LogP contribution in [0, 0.1) is 0 Å². The van der Waals surface area contributed by atoms with Gasteiger partial charge in [-0.3, -0.25) is 4.79 Å². The van der Waals surface area contributed by atoms with E-state index in [0.717, 1.165) is 13.1 Å². The number of carbonyl (C=O) groups is 1. The van der Waals surface area contributed by atoms with E-state index in [0.29, 0.717) is 13.2 Å². The molecule has 1 atom stereocenters. The van der Waals surface area contributed by atoms with E-state index >= 15 is 0 Å². The predicted octanol–water partition coefficient (Wildman–Crippen LogP) is -0.0939. The molecule has 0 radical (unpaired) electrons. The Kier molecular flexibility index (Phi) is 5.18.